The van der Waals surface area contributed by atoms with E-state index in [-0.39, 0.29) is 0 Å². The molecule has 0 aliphatic heterocycles. The smallest absolute Gasteiger partial charge is 0.234 e. The molecule has 0 N–H and O–H groups in total. The Kier molecular flexibility index (Phi) is 1.37. The third-order valence-corrected chi connectivity index (χ3v) is 2.64. The fourth-order valence-electron chi connectivity index (χ4n) is 2.03. The summed E-state index contributed by atoms with van der Waals surface area (Å²) in [7, 11) is 0. The van der Waals surface area contributed by atoms with Gasteiger partial charge in [0, 0.05) is 5.57 Å². The molecule has 0 fully saturated rings. The topological polar surface area (TPSA) is 17.1 Å². The zero-order valence-corrected chi connectivity index (χ0v) is 7.45. The molecule has 0 spiro atoms. The maximum absolute atomic E-state index is 10.7. The molecule has 1 aliphatic carbocycles. The molecule has 0 aromatic heterocycles. The first-order valence-electron chi connectivity index (χ1n) is 4.52. The van der Waals surface area contributed by atoms with Gasteiger partial charge in [0.2, 0.25) is 6.29 Å². The summed E-state index contributed by atoms with van der Waals surface area (Å²) in [6.45, 7) is 0. The number of hydrogen-bond acceptors (Lipinski definition) is 1. The second-order valence-electron chi connectivity index (χ2n) is 3.41. The lowest BCUT2D eigenvalue weighted by atomic mass is 10.0. The summed E-state index contributed by atoms with van der Waals surface area (Å²) in [5, 5.41) is 2.36. The molecular formula is C13H7O. The molecule has 1 heteroatoms. The third kappa shape index (κ3) is 0.814. The van der Waals surface area contributed by atoms with Gasteiger partial charge >= 0.3 is 0 Å². The lowest BCUT2D eigenvalue weighted by Gasteiger charge is -2.00. The summed E-state index contributed by atoms with van der Waals surface area (Å²) >= 11 is 0. The highest BCUT2D eigenvalue weighted by Crippen LogP contribution is 2.35. The number of allylic oxidation sites excluding steroid dienone is 1. The minimum atomic E-state index is 0.664. The van der Waals surface area contributed by atoms with E-state index in [2.05, 4.69) is 12.1 Å². The van der Waals surface area contributed by atoms with E-state index in [1.54, 1.807) is 0 Å². The molecule has 0 bridgehead atoms. The first-order valence-corrected chi connectivity index (χ1v) is 4.52. The summed E-state index contributed by atoms with van der Waals surface area (Å²) in [5.41, 5.74) is 2.79. The molecule has 1 radical (unpaired) electrons. The second-order valence-corrected chi connectivity index (χ2v) is 3.41. The van der Waals surface area contributed by atoms with E-state index >= 15 is 0 Å². The largest absolute Gasteiger partial charge is 0.285 e. The van der Waals surface area contributed by atoms with Crippen LogP contribution < -0.4 is 0 Å². The molecule has 0 amide bonds. The Morgan fingerprint density at radius 3 is 2.57 bits per heavy atom. The maximum atomic E-state index is 10.7. The van der Waals surface area contributed by atoms with E-state index in [0.29, 0.717) is 5.57 Å². The van der Waals surface area contributed by atoms with E-state index in [4.69, 9.17) is 0 Å². The van der Waals surface area contributed by atoms with Crippen LogP contribution in [0.15, 0.2) is 36.4 Å². The molecule has 0 unspecified atom stereocenters. The summed E-state index contributed by atoms with van der Waals surface area (Å²) < 4.78 is 0. The van der Waals surface area contributed by atoms with Gasteiger partial charge in [0.15, 0.2) is 0 Å². The van der Waals surface area contributed by atoms with E-state index in [9.17, 15) is 4.79 Å². The van der Waals surface area contributed by atoms with Crippen molar-refractivity contribution in [3.63, 3.8) is 0 Å². The van der Waals surface area contributed by atoms with Crippen molar-refractivity contribution < 1.29 is 4.79 Å². The normalized spacial score (nSPS) is 13.0. The first-order chi connectivity index (χ1) is 6.90. The van der Waals surface area contributed by atoms with Crippen molar-refractivity contribution in [3.8, 4) is 0 Å². The standard InChI is InChI=1S/C13H7O/c14-8-11-7-10-5-1-3-9-4-2-6-12(11)13(9)10/h1-7H. The van der Waals surface area contributed by atoms with Crippen LogP contribution in [0.2, 0.25) is 0 Å². The molecule has 3 rings (SSSR count). The molecule has 65 valence electrons. The Bertz CT molecular complexity index is 559. The molecule has 2 aromatic rings. The van der Waals surface area contributed by atoms with Crippen molar-refractivity contribution in [1.82, 2.24) is 0 Å². The minimum Gasteiger partial charge on any atom is -0.285 e. The van der Waals surface area contributed by atoms with Crippen LogP contribution in [-0.4, -0.2) is 6.29 Å². The monoisotopic (exact) mass is 179 g/mol. The molecule has 0 heterocycles. The van der Waals surface area contributed by atoms with Crippen molar-refractivity contribution in [2.75, 3.05) is 0 Å². The Hall–Kier alpha value is -1.89. The van der Waals surface area contributed by atoms with Crippen LogP contribution >= 0.6 is 0 Å². The van der Waals surface area contributed by atoms with Gasteiger partial charge in [-0.2, -0.15) is 0 Å². The van der Waals surface area contributed by atoms with Crippen LogP contribution in [0.1, 0.15) is 11.1 Å². The Morgan fingerprint density at radius 2 is 1.79 bits per heavy atom. The second kappa shape index (κ2) is 2.55. The zero-order chi connectivity index (χ0) is 9.54. The third-order valence-electron chi connectivity index (χ3n) is 2.64. The maximum Gasteiger partial charge on any atom is 0.234 e. The van der Waals surface area contributed by atoms with Crippen LogP contribution in [0.4, 0.5) is 0 Å². The molecule has 14 heavy (non-hydrogen) atoms. The minimum absolute atomic E-state index is 0.664. The van der Waals surface area contributed by atoms with Gasteiger partial charge in [0.1, 0.15) is 0 Å². The fourth-order valence-corrected chi connectivity index (χ4v) is 2.03. The van der Waals surface area contributed by atoms with Gasteiger partial charge in [0.05, 0.1) is 0 Å². The predicted molar refractivity (Wildman–Crippen MR) is 57.5 cm³/mol. The van der Waals surface area contributed by atoms with Crippen LogP contribution in [0.25, 0.3) is 22.4 Å². The van der Waals surface area contributed by atoms with Gasteiger partial charge in [-0.3, -0.25) is 4.79 Å². The number of benzene rings is 2. The van der Waals surface area contributed by atoms with Crippen LogP contribution in [0.3, 0.4) is 0 Å². The number of carbonyl (C=O) groups excluding carboxylic acids is 1. The van der Waals surface area contributed by atoms with Gasteiger partial charge in [-0.05, 0) is 28.0 Å². The molecule has 2 aromatic carbocycles. The average molecular weight is 179 g/mol. The van der Waals surface area contributed by atoms with Gasteiger partial charge < -0.3 is 0 Å². The van der Waals surface area contributed by atoms with Crippen molar-refractivity contribution >= 4 is 28.7 Å². The zero-order valence-electron chi connectivity index (χ0n) is 7.45. The highest BCUT2D eigenvalue weighted by molar-refractivity contribution is 6.24. The van der Waals surface area contributed by atoms with Crippen LogP contribution in [0, 0.1) is 0 Å². The lowest BCUT2D eigenvalue weighted by Crippen LogP contribution is -1.81. The molecule has 0 atom stereocenters. The summed E-state index contributed by atoms with van der Waals surface area (Å²) in [5.74, 6) is 0. The van der Waals surface area contributed by atoms with Gasteiger partial charge in [-0.15, -0.1) is 0 Å². The van der Waals surface area contributed by atoms with Crippen LogP contribution in [0.5, 0.6) is 0 Å². The Labute approximate surface area is 81.7 Å². The summed E-state index contributed by atoms with van der Waals surface area (Å²) in [6.07, 6.45) is 3.88. The van der Waals surface area contributed by atoms with Crippen molar-refractivity contribution in [1.29, 1.82) is 0 Å². The van der Waals surface area contributed by atoms with Gasteiger partial charge in [-0.25, -0.2) is 0 Å². The molecule has 0 saturated carbocycles. The highest BCUT2D eigenvalue weighted by atomic mass is 16.1. The fraction of sp³-hybridized carbons (Fsp3) is 0. The van der Waals surface area contributed by atoms with Crippen molar-refractivity contribution in [2.45, 2.75) is 0 Å². The average Bonchev–Trinajstić information content (AvgIpc) is 2.60. The summed E-state index contributed by atoms with van der Waals surface area (Å²) in [6, 6.07) is 12.1. The predicted octanol–water partition coefficient (Wildman–Crippen LogP) is 2.80. The Balaban J connectivity index is 2.52. The lowest BCUT2D eigenvalue weighted by molar-refractivity contribution is 0.565. The van der Waals surface area contributed by atoms with Gasteiger partial charge in [0.25, 0.3) is 0 Å². The molecular weight excluding hydrogens is 172 g/mol. The number of hydrogen-bond donors (Lipinski definition) is 0. The van der Waals surface area contributed by atoms with E-state index < -0.39 is 0 Å². The SMILES string of the molecule is O=[C]C1=Cc2cccc3cccc1c23. The van der Waals surface area contributed by atoms with E-state index in [1.807, 2.05) is 36.6 Å². The van der Waals surface area contributed by atoms with Gasteiger partial charge in [-0.1, -0.05) is 36.4 Å². The van der Waals surface area contributed by atoms with E-state index in [0.717, 1.165) is 11.1 Å². The van der Waals surface area contributed by atoms with E-state index in [1.165, 1.54) is 10.8 Å². The van der Waals surface area contributed by atoms with Crippen LogP contribution in [-0.2, 0) is 4.79 Å². The highest BCUT2D eigenvalue weighted by Gasteiger charge is 2.15. The molecule has 1 nitrogen and oxygen atoms in total. The van der Waals surface area contributed by atoms with Crippen molar-refractivity contribution in [3.05, 3.63) is 47.5 Å². The first kappa shape index (κ1) is 7.51. The molecule has 0 saturated heterocycles. The molecule has 1 aliphatic rings. The number of rotatable bonds is 1. The summed E-state index contributed by atoms with van der Waals surface area (Å²) in [4.78, 5) is 10.7. The quantitative estimate of drug-likeness (QED) is 0.657. The Morgan fingerprint density at radius 1 is 1.00 bits per heavy atom. The van der Waals surface area contributed by atoms with Crippen molar-refractivity contribution in [2.24, 2.45) is 0 Å².